The molecule has 0 spiro atoms. The Bertz CT molecular complexity index is 1370. The molecule has 0 radical (unpaired) electrons. The molecule has 0 aliphatic rings. The van der Waals surface area contributed by atoms with Crippen molar-refractivity contribution in [1.82, 2.24) is 20.2 Å². The molecule has 0 aliphatic heterocycles. The number of hydrogen-bond acceptors (Lipinski definition) is 6. The predicted octanol–water partition coefficient (Wildman–Crippen LogP) is 5.18. The van der Waals surface area contributed by atoms with Gasteiger partial charge in [0.25, 0.3) is 5.91 Å². The minimum Gasteiger partial charge on any atom is -0.478 e. The monoisotopic (exact) mass is 525 g/mol. The highest BCUT2D eigenvalue weighted by atomic mass is 35.5. The molecule has 176 valence electrons. The number of nitrogens with zero attached hydrogens (tertiary/aromatic N) is 4. The van der Waals surface area contributed by atoms with Crippen LogP contribution in [0.4, 0.5) is 0 Å². The number of carboxylic acids is 1. The molecule has 0 saturated heterocycles. The number of halogens is 2. The Kier molecular flexibility index (Phi) is 7.81. The Labute approximate surface area is 214 Å². The maximum Gasteiger partial charge on any atom is 0.335 e. The van der Waals surface area contributed by atoms with Crippen molar-refractivity contribution in [2.45, 2.75) is 5.16 Å². The molecule has 0 bridgehead atoms. The van der Waals surface area contributed by atoms with Crippen molar-refractivity contribution in [2.24, 2.45) is 5.10 Å². The molecule has 35 heavy (non-hydrogen) atoms. The number of carbonyl (C=O) groups excluding carboxylic acids is 1. The molecule has 4 rings (SSSR count). The Morgan fingerprint density at radius 1 is 0.943 bits per heavy atom. The van der Waals surface area contributed by atoms with Crippen molar-refractivity contribution < 1.29 is 14.7 Å². The molecule has 0 unspecified atom stereocenters. The van der Waals surface area contributed by atoms with E-state index in [0.717, 1.165) is 11.3 Å². The van der Waals surface area contributed by atoms with Gasteiger partial charge in [0.2, 0.25) is 0 Å². The highest BCUT2D eigenvalue weighted by Crippen LogP contribution is 2.29. The lowest BCUT2D eigenvalue weighted by Gasteiger charge is -2.10. The highest BCUT2D eigenvalue weighted by molar-refractivity contribution is 7.99. The van der Waals surface area contributed by atoms with Crippen LogP contribution in [-0.2, 0) is 4.79 Å². The van der Waals surface area contributed by atoms with Gasteiger partial charge in [-0.25, -0.2) is 10.2 Å². The first-order valence-corrected chi connectivity index (χ1v) is 11.9. The Hall–Kier alpha value is -3.66. The molecule has 8 nitrogen and oxygen atoms in total. The van der Waals surface area contributed by atoms with Crippen molar-refractivity contribution in [3.8, 4) is 17.1 Å². The number of amides is 1. The zero-order valence-electron chi connectivity index (χ0n) is 17.9. The largest absolute Gasteiger partial charge is 0.478 e. The molecule has 4 aromatic rings. The van der Waals surface area contributed by atoms with Gasteiger partial charge in [-0.3, -0.25) is 9.36 Å². The van der Waals surface area contributed by atoms with Crippen molar-refractivity contribution in [1.29, 1.82) is 0 Å². The maximum absolute atomic E-state index is 12.3. The molecule has 1 aromatic heterocycles. The highest BCUT2D eigenvalue weighted by Gasteiger charge is 2.17. The van der Waals surface area contributed by atoms with Crippen molar-refractivity contribution in [3.05, 3.63) is 94.0 Å². The van der Waals surface area contributed by atoms with E-state index in [0.29, 0.717) is 26.6 Å². The second-order valence-corrected chi connectivity index (χ2v) is 8.95. The summed E-state index contributed by atoms with van der Waals surface area (Å²) < 4.78 is 1.84. The van der Waals surface area contributed by atoms with Crippen LogP contribution in [0.25, 0.3) is 17.1 Å². The smallest absolute Gasteiger partial charge is 0.335 e. The van der Waals surface area contributed by atoms with Crippen LogP contribution in [0.15, 0.2) is 83.1 Å². The summed E-state index contributed by atoms with van der Waals surface area (Å²) in [7, 11) is 0. The summed E-state index contributed by atoms with van der Waals surface area (Å²) in [4.78, 5) is 23.3. The summed E-state index contributed by atoms with van der Waals surface area (Å²) in [5.74, 6) is -0.715. The molecule has 2 N–H and O–H groups in total. The summed E-state index contributed by atoms with van der Waals surface area (Å²) in [6, 6.07) is 20.6. The lowest BCUT2D eigenvalue weighted by Crippen LogP contribution is -2.20. The first kappa shape index (κ1) is 24.5. The maximum atomic E-state index is 12.3. The van der Waals surface area contributed by atoms with Crippen LogP contribution in [0.2, 0.25) is 10.0 Å². The van der Waals surface area contributed by atoms with Crippen LogP contribution in [0.5, 0.6) is 0 Å². The first-order valence-electron chi connectivity index (χ1n) is 10.2. The number of hydrogen-bond donors (Lipinski definition) is 2. The zero-order chi connectivity index (χ0) is 24.8. The Morgan fingerprint density at radius 3 is 2.20 bits per heavy atom. The van der Waals surface area contributed by atoms with Gasteiger partial charge in [-0.2, -0.15) is 5.10 Å². The van der Waals surface area contributed by atoms with E-state index < -0.39 is 5.97 Å². The normalized spacial score (nSPS) is 11.0. The van der Waals surface area contributed by atoms with Crippen LogP contribution in [-0.4, -0.2) is 43.7 Å². The summed E-state index contributed by atoms with van der Waals surface area (Å²) in [5.41, 5.74) is 4.88. The number of nitrogens with one attached hydrogen (secondary N) is 1. The standard InChI is InChI=1S/C24H17Cl2N5O3S/c25-18-7-5-16(6-8-18)22-29-30-24(31(22)20-11-9-19(26)10-12-20)35-14-21(32)28-27-13-15-1-3-17(4-2-15)23(33)34/h1-13H,14H2,(H,28,32)(H,33,34). The summed E-state index contributed by atoms with van der Waals surface area (Å²) in [5, 5.41) is 23.2. The third kappa shape index (κ3) is 6.27. The summed E-state index contributed by atoms with van der Waals surface area (Å²) in [6.45, 7) is 0. The van der Waals surface area contributed by atoms with Crippen molar-refractivity contribution in [3.63, 3.8) is 0 Å². The molecular formula is C24H17Cl2N5O3S. The molecule has 0 fully saturated rings. The van der Waals surface area contributed by atoms with Gasteiger partial charge in [-0.1, -0.05) is 47.1 Å². The molecular weight excluding hydrogens is 509 g/mol. The number of aromatic carboxylic acids is 1. The van der Waals surface area contributed by atoms with Gasteiger partial charge in [0, 0.05) is 21.3 Å². The number of hydrazone groups is 1. The second-order valence-electron chi connectivity index (χ2n) is 7.13. The summed E-state index contributed by atoms with van der Waals surface area (Å²) in [6.07, 6.45) is 1.43. The predicted molar refractivity (Wildman–Crippen MR) is 137 cm³/mol. The van der Waals surface area contributed by atoms with E-state index in [1.807, 2.05) is 28.8 Å². The van der Waals surface area contributed by atoms with Gasteiger partial charge < -0.3 is 5.11 Å². The fourth-order valence-corrected chi connectivity index (χ4v) is 4.02. The van der Waals surface area contributed by atoms with E-state index >= 15 is 0 Å². The molecule has 0 atom stereocenters. The summed E-state index contributed by atoms with van der Waals surface area (Å²) >= 11 is 13.3. The molecule has 1 amide bonds. The van der Waals surface area contributed by atoms with E-state index in [4.69, 9.17) is 28.3 Å². The van der Waals surface area contributed by atoms with Crippen LogP contribution in [0, 0.1) is 0 Å². The van der Waals surface area contributed by atoms with Crippen molar-refractivity contribution >= 4 is 53.1 Å². The van der Waals surface area contributed by atoms with Crippen LogP contribution in [0.1, 0.15) is 15.9 Å². The van der Waals surface area contributed by atoms with Crippen LogP contribution < -0.4 is 5.43 Å². The minimum atomic E-state index is -1.01. The molecule has 0 aliphatic carbocycles. The fourth-order valence-electron chi connectivity index (χ4n) is 3.03. The van der Waals surface area contributed by atoms with Crippen LogP contribution >= 0.6 is 35.0 Å². The lowest BCUT2D eigenvalue weighted by molar-refractivity contribution is -0.118. The van der Waals surface area contributed by atoms with E-state index in [-0.39, 0.29) is 17.2 Å². The third-order valence-corrected chi connectivity index (χ3v) is 6.15. The zero-order valence-corrected chi connectivity index (χ0v) is 20.3. The molecule has 3 aromatic carbocycles. The number of thioether (sulfide) groups is 1. The first-order chi connectivity index (χ1) is 16.9. The van der Waals surface area contributed by atoms with Gasteiger partial charge in [0.1, 0.15) is 0 Å². The average molecular weight is 526 g/mol. The van der Waals surface area contributed by atoms with E-state index in [9.17, 15) is 9.59 Å². The average Bonchev–Trinajstić information content (AvgIpc) is 3.28. The van der Waals surface area contributed by atoms with Crippen LogP contribution in [0.3, 0.4) is 0 Å². The topological polar surface area (TPSA) is 109 Å². The second kappa shape index (κ2) is 11.2. The quantitative estimate of drug-likeness (QED) is 0.186. The van der Waals surface area contributed by atoms with Gasteiger partial charge in [0.05, 0.1) is 17.5 Å². The molecule has 0 saturated carbocycles. The molecule has 11 heteroatoms. The molecule has 1 heterocycles. The van der Waals surface area contributed by atoms with E-state index in [2.05, 4.69) is 20.7 Å². The number of benzene rings is 3. The number of rotatable bonds is 8. The number of carbonyl (C=O) groups is 2. The SMILES string of the molecule is O=C(CSc1nnc(-c2ccc(Cl)cc2)n1-c1ccc(Cl)cc1)NN=Cc1ccc(C(=O)O)cc1. The minimum absolute atomic E-state index is 0.0433. The van der Waals surface area contributed by atoms with Gasteiger partial charge in [-0.15, -0.1) is 10.2 Å². The third-order valence-electron chi connectivity index (χ3n) is 4.71. The lowest BCUT2D eigenvalue weighted by atomic mass is 10.1. The van der Waals surface area contributed by atoms with E-state index in [1.165, 1.54) is 30.1 Å². The number of aromatic nitrogens is 3. The fraction of sp³-hybridized carbons (Fsp3) is 0.0417. The van der Waals surface area contributed by atoms with Crippen molar-refractivity contribution in [2.75, 3.05) is 5.75 Å². The Morgan fingerprint density at radius 2 is 1.57 bits per heavy atom. The van der Waals surface area contributed by atoms with Gasteiger partial charge in [-0.05, 0) is 66.2 Å². The van der Waals surface area contributed by atoms with E-state index in [1.54, 1.807) is 36.4 Å². The van der Waals surface area contributed by atoms with Gasteiger partial charge in [0.15, 0.2) is 11.0 Å². The number of carboxylic acid groups (broad SMARTS) is 1. The van der Waals surface area contributed by atoms with Gasteiger partial charge >= 0.3 is 5.97 Å². The Balaban J connectivity index is 1.47.